The van der Waals surface area contributed by atoms with Crippen molar-refractivity contribution in [1.29, 1.82) is 0 Å². The van der Waals surface area contributed by atoms with Crippen LogP contribution in [-0.4, -0.2) is 9.46 Å². The summed E-state index contributed by atoms with van der Waals surface area (Å²) in [4.78, 5) is 1.16. The quantitative estimate of drug-likeness (QED) is 0.422. The molecule has 0 aromatic heterocycles. The molecule has 0 N–H and O–H groups in total. The van der Waals surface area contributed by atoms with E-state index in [4.69, 9.17) is 34.8 Å². The second kappa shape index (κ2) is 3.93. The van der Waals surface area contributed by atoms with E-state index in [0.717, 1.165) is 16.5 Å². The van der Waals surface area contributed by atoms with Crippen LogP contribution in [0.1, 0.15) is 13.3 Å². The fraction of sp³-hybridized carbons (Fsp3) is 0.286. The molecular formula is C14H12Cl3N. The summed E-state index contributed by atoms with van der Waals surface area (Å²) in [6, 6.07) is 14.2. The number of hydrogen-bond acceptors (Lipinski definition) is 1. The molecule has 1 heterocycles. The van der Waals surface area contributed by atoms with Gasteiger partial charge in [-0.3, -0.25) is 0 Å². The van der Waals surface area contributed by atoms with Crippen molar-refractivity contribution >= 4 is 51.3 Å². The van der Waals surface area contributed by atoms with Gasteiger partial charge in [-0.15, -0.1) is 0 Å². The number of halogens is 3. The SMILES string of the molecule is CCC1(Cl)N(c2cccc3ccccc23)C1(Cl)Cl. The Bertz CT molecular complexity index is 606. The molecule has 0 spiro atoms. The lowest BCUT2D eigenvalue weighted by Crippen LogP contribution is -2.08. The Morgan fingerprint density at radius 1 is 1.00 bits per heavy atom. The van der Waals surface area contributed by atoms with Crippen LogP contribution in [0.25, 0.3) is 10.8 Å². The summed E-state index contributed by atoms with van der Waals surface area (Å²) in [6.45, 7) is 1.98. The van der Waals surface area contributed by atoms with Crippen molar-refractivity contribution in [3.63, 3.8) is 0 Å². The predicted octanol–water partition coefficient (Wildman–Crippen LogP) is 5.14. The molecule has 0 saturated carbocycles. The van der Waals surface area contributed by atoms with Crippen LogP contribution in [0, 0.1) is 0 Å². The highest BCUT2D eigenvalue weighted by atomic mass is 35.5. The predicted molar refractivity (Wildman–Crippen MR) is 79.7 cm³/mol. The zero-order valence-electron chi connectivity index (χ0n) is 9.83. The van der Waals surface area contributed by atoms with Gasteiger partial charge >= 0.3 is 0 Å². The number of anilines is 1. The van der Waals surface area contributed by atoms with Gasteiger partial charge in [0.05, 0.1) is 0 Å². The molecule has 1 atom stereocenters. The van der Waals surface area contributed by atoms with Crippen molar-refractivity contribution in [2.75, 3.05) is 4.90 Å². The summed E-state index contributed by atoms with van der Waals surface area (Å²) in [6.07, 6.45) is 0.685. The molecule has 18 heavy (non-hydrogen) atoms. The third kappa shape index (κ3) is 1.48. The van der Waals surface area contributed by atoms with Gasteiger partial charge in [0, 0.05) is 11.1 Å². The van der Waals surface area contributed by atoms with Crippen molar-refractivity contribution in [2.24, 2.45) is 0 Å². The highest BCUT2D eigenvalue weighted by Gasteiger charge is 2.73. The first-order valence-electron chi connectivity index (χ1n) is 5.87. The Labute approximate surface area is 121 Å². The van der Waals surface area contributed by atoms with Gasteiger partial charge in [-0.05, 0) is 17.9 Å². The van der Waals surface area contributed by atoms with Crippen molar-refractivity contribution in [1.82, 2.24) is 0 Å². The van der Waals surface area contributed by atoms with Crippen LogP contribution in [-0.2, 0) is 0 Å². The first-order chi connectivity index (χ1) is 8.52. The molecule has 1 nitrogen and oxygen atoms in total. The van der Waals surface area contributed by atoms with E-state index >= 15 is 0 Å². The van der Waals surface area contributed by atoms with Crippen LogP contribution in [0.15, 0.2) is 42.5 Å². The summed E-state index contributed by atoms with van der Waals surface area (Å²) < 4.78 is -1.03. The van der Waals surface area contributed by atoms with Gasteiger partial charge in [0.25, 0.3) is 0 Å². The van der Waals surface area contributed by atoms with Crippen LogP contribution in [0.5, 0.6) is 0 Å². The van der Waals surface area contributed by atoms with E-state index in [9.17, 15) is 0 Å². The minimum absolute atomic E-state index is 0.685. The van der Waals surface area contributed by atoms with E-state index in [2.05, 4.69) is 18.2 Å². The average molecular weight is 301 g/mol. The molecule has 2 aromatic carbocycles. The maximum atomic E-state index is 6.48. The highest BCUT2D eigenvalue weighted by Crippen LogP contribution is 2.65. The third-order valence-electron chi connectivity index (χ3n) is 3.52. The summed E-state index contributed by atoms with van der Waals surface area (Å²) in [5.74, 6) is 0. The van der Waals surface area contributed by atoms with Crippen LogP contribution >= 0.6 is 34.8 Å². The number of benzene rings is 2. The maximum absolute atomic E-state index is 6.48. The number of alkyl halides is 3. The normalized spacial score (nSPS) is 25.4. The lowest BCUT2D eigenvalue weighted by molar-refractivity contribution is 0.827. The summed E-state index contributed by atoms with van der Waals surface area (Å²) in [7, 11) is 0. The Morgan fingerprint density at radius 2 is 1.67 bits per heavy atom. The summed E-state index contributed by atoms with van der Waals surface area (Å²) >= 11 is 19.1. The standard InChI is InChI=1S/C14H12Cl3N/c1-2-13(15)14(16,17)18(13)12-9-5-7-10-6-3-4-8-11(10)12/h3-9H,2H2,1H3. The maximum Gasteiger partial charge on any atom is 0.229 e. The van der Waals surface area contributed by atoms with Crippen LogP contribution in [0.3, 0.4) is 0 Å². The smallest absolute Gasteiger partial charge is 0.229 e. The Hall–Kier alpha value is -0.630. The molecular weight excluding hydrogens is 289 g/mol. The third-order valence-corrected chi connectivity index (χ3v) is 5.39. The lowest BCUT2D eigenvalue weighted by atomic mass is 10.1. The number of hydrogen-bond donors (Lipinski definition) is 0. The van der Waals surface area contributed by atoms with Crippen molar-refractivity contribution < 1.29 is 0 Å². The Morgan fingerprint density at radius 3 is 2.33 bits per heavy atom. The first-order valence-corrected chi connectivity index (χ1v) is 7.00. The Balaban J connectivity index is 2.18. The molecule has 3 rings (SSSR count). The van der Waals surface area contributed by atoms with Crippen LogP contribution in [0.2, 0.25) is 0 Å². The van der Waals surface area contributed by atoms with Gasteiger partial charge in [0.15, 0.2) is 5.00 Å². The van der Waals surface area contributed by atoms with Crippen molar-refractivity contribution in [3.8, 4) is 0 Å². The molecule has 1 saturated heterocycles. The second-order valence-electron chi connectivity index (χ2n) is 4.49. The molecule has 1 aliphatic rings. The van der Waals surface area contributed by atoms with Crippen LogP contribution in [0.4, 0.5) is 5.69 Å². The van der Waals surface area contributed by atoms with Crippen LogP contribution < -0.4 is 4.90 Å². The molecule has 2 aromatic rings. The first kappa shape index (κ1) is 12.4. The van der Waals surface area contributed by atoms with E-state index in [1.807, 2.05) is 36.1 Å². The molecule has 0 bridgehead atoms. The second-order valence-corrected chi connectivity index (χ2v) is 6.40. The van der Waals surface area contributed by atoms with Gasteiger partial charge in [0.2, 0.25) is 4.46 Å². The van der Waals surface area contributed by atoms with E-state index in [1.165, 1.54) is 0 Å². The molecule has 4 heteroatoms. The number of rotatable bonds is 2. The zero-order chi connectivity index (χ0) is 13.0. The van der Waals surface area contributed by atoms with E-state index in [0.29, 0.717) is 6.42 Å². The van der Waals surface area contributed by atoms with Gasteiger partial charge < -0.3 is 4.90 Å². The lowest BCUT2D eigenvalue weighted by Gasteiger charge is -2.11. The number of nitrogens with zero attached hydrogens (tertiary/aromatic N) is 1. The topological polar surface area (TPSA) is 3.01 Å². The van der Waals surface area contributed by atoms with Gasteiger partial charge in [-0.2, -0.15) is 0 Å². The molecule has 1 unspecified atom stereocenters. The fourth-order valence-electron chi connectivity index (χ4n) is 2.44. The minimum Gasteiger partial charge on any atom is -0.313 e. The molecule has 0 radical (unpaired) electrons. The molecule has 1 aliphatic heterocycles. The van der Waals surface area contributed by atoms with Crippen molar-refractivity contribution in [3.05, 3.63) is 42.5 Å². The molecule has 0 aliphatic carbocycles. The average Bonchev–Trinajstić information content (AvgIpc) is 2.83. The minimum atomic E-state index is -1.03. The van der Waals surface area contributed by atoms with Gasteiger partial charge in [-0.1, -0.05) is 78.1 Å². The summed E-state index contributed by atoms with van der Waals surface area (Å²) in [5.41, 5.74) is 0.981. The largest absolute Gasteiger partial charge is 0.313 e. The molecule has 0 amide bonds. The Kier molecular flexibility index (Phi) is 2.71. The molecule has 1 fully saturated rings. The highest BCUT2D eigenvalue weighted by molar-refractivity contribution is 6.60. The van der Waals surface area contributed by atoms with E-state index in [1.54, 1.807) is 0 Å². The zero-order valence-corrected chi connectivity index (χ0v) is 12.1. The number of fused-ring (bicyclic) bond motifs is 1. The van der Waals surface area contributed by atoms with Crippen molar-refractivity contribution in [2.45, 2.75) is 22.8 Å². The summed E-state index contributed by atoms with van der Waals surface area (Å²) in [5, 5.41) is 2.27. The molecule has 94 valence electrons. The van der Waals surface area contributed by atoms with E-state index < -0.39 is 9.46 Å². The van der Waals surface area contributed by atoms with Gasteiger partial charge in [0.1, 0.15) is 0 Å². The van der Waals surface area contributed by atoms with E-state index in [-0.39, 0.29) is 0 Å². The fourth-order valence-corrected chi connectivity index (χ4v) is 3.61. The van der Waals surface area contributed by atoms with Gasteiger partial charge in [-0.25, -0.2) is 0 Å². The monoisotopic (exact) mass is 299 g/mol.